The van der Waals surface area contributed by atoms with Gasteiger partial charge in [0.15, 0.2) is 5.15 Å². The quantitative estimate of drug-likeness (QED) is 0.527. The van der Waals surface area contributed by atoms with Crippen LogP contribution in [0.5, 0.6) is 0 Å². The first kappa shape index (κ1) is 22.5. The third-order valence-corrected chi connectivity index (χ3v) is 5.17. The molecule has 2 rings (SSSR count). The minimum Gasteiger partial charge on any atom is -0.289 e. The van der Waals surface area contributed by atoms with E-state index in [0.29, 0.717) is 10.0 Å². The Bertz CT molecular complexity index is 754. The van der Waals surface area contributed by atoms with Crippen molar-refractivity contribution in [3.05, 3.63) is 29.7 Å². The number of thiol groups is 1. The predicted molar refractivity (Wildman–Crippen MR) is 115 cm³/mol. The Kier molecular flexibility index (Phi) is 9.14. The average Bonchev–Trinajstić information content (AvgIpc) is 3.03. The number of halogens is 1. The zero-order valence-corrected chi connectivity index (χ0v) is 18.0. The number of carbonyl (C=O) groups excluding carboxylic acids is 1. The second kappa shape index (κ2) is 10.6. The Morgan fingerprint density at radius 2 is 2.15 bits per heavy atom. The van der Waals surface area contributed by atoms with Crippen LogP contribution in [0.15, 0.2) is 24.5 Å². The first-order chi connectivity index (χ1) is 12.4. The molecule has 0 aliphatic rings. The molecule has 7 heteroatoms. The van der Waals surface area contributed by atoms with E-state index in [0.717, 1.165) is 18.4 Å². The van der Waals surface area contributed by atoms with Gasteiger partial charge in [0.05, 0.1) is 6.54 Å². The van der Waals surface area contributed by atoms with E-state index >= 15 is 0 Å². The molecule has 0 aromatic carbocycles. The molecule has 0 radical (unpaired) electrons. The number of anilines is 1. The molecule has 0 atom stereocenters. The number of rotatable bonds is 6. The molecule has 26 heavy (non-hydrogen) atoms. The SMILES string of the molecule is C#CCN(C(=O)C(C)(C)CCC)c1sc(-c2cccnc2)nc1Cl.CS. The molecule has 0 saturated heterocycles. The summed E-state index contributed by atoms with van der Waals surface area (Å²) in [6.07, 6.45) is 12.3. The Morgan fingerprint density at radius 1 is 1.46 bits per heavy atom. The van der Waals surface area contributed by atoms with Crippen LogP contribution in [-0.2, 0) is 4.79 Å². The molecule has 0 fully saturated rings. The molecule has 1 amide bonds. The lowest BCUT2D eigenvalue weighted by Crippen LogP contribution is -2.41. The fraction of sp³-hybridized carbons (Fsp3) is 0.421. The average molecular weight is 410 g/mol. The third-order valence-electron chi connectivity index (χ3n) is 3.67. The van der Waals surface area contributed by atoms with Crippen LogP contribution < -0.4 is 4.90 Å². The van der Waals surface area contributed by atoms with Crippen LogP contribution in [0, 0.1) is 17.8 Å². The molecule has 0 aliphatic carbocycles. The van der Waals surface area contributed by atoms with Gasteiger partial charge in [-0.25, -0.2) is 4.98 Å². The van der Waals surface area contributed by atoms with E-state index in [1.165, 1.54) is 11.3 Å². The van der Waals surface area contributed by atoms with Crippen molar-refractivity contribution in [3.8, 4) is 22.9 Å². The van der Waals surface area contributed by atoms with Gasteiger partial charge in [-0.1, -0.05) is 56.1 Å². The number of aromatic nitrogens is 2. The molecule has 0 bridgehead atoms. The fourth-order valence-electron chi connectivity index (χ4n) is 2.50. The van der Waals surface area contributed by atoms with Crippen molar-refractivity contribution in [2.45, 2.75) is 33.6 Å². The van der Waals surface area contributed by atoms with Gasteiger partial charge in [-0.05, 0) is 24.8 Å². The number of carbonyl (C=O) groups is 1. The summed E-state index contributed by atoms with van der Waals surface area (Å²) in [5, 5.41) is 1.59. The Balaban J connectivity index is 0.00000163. The smallest absolute Gasteiger partial charge is 0.234 e. The first-order valence-corrected chi connectivity index (χ1v) is 10.3. The van der Waals surface area contributed by atoms with Crippen LogP contribution in [0.2, 0.25) is 5.15 Å². The highest BCUT2D eigenvalue weighted by Crippen LogP contribution is 2.39. The minimum absolute atomic E-state index is 0.0365. The van der Waals surface area contributed by atoms with Crippen LogP contribution in [0.4, 0.5) is 5.00 Å². The summed E-state index contributed by atoms with van der Waals surface area (Å²) in [5.74, 6) is 2.51. The highest BCUT2D eigenvalue weighted by Gasteiger charge is 2.33. The van der Waals surface area contributed by atoms with Crippen molar-refractivity contribution < 1.29 is 4.79 Å². The fourth-order valence-corrected chi connectivity index (χ4v) is 3.80. The van der Waals surface area contributed by atoms with Gasteiger partial charge < -0.3 is 0 Å². The molecule has 0 saturated carbocycles. The van der Waals surface area contributed by atoms with Gasteiger partial charge in [0, 0.05) is 23.4 Å². The van der Waals surface area contributed by atoms with Crippen LogP contribution in [0.25, 0.3) is 10.6 Å². The molecule has 0 N–H and O–H groups in total. The Morgan fingerprint density at radius 3 is 2.69 bits per heavy atom. The molecule has 2 aromatic rings. The highest BCUT2D eigenvalue weighted by atomic mass is 35.5. The van der Waals surface area contributed by atoms with Gasteiger partial charge in [-0.2, -0.15) is 12.6 Å². The zero-order chi connectivity index (χ0) is 19.7. The van der Waals surface area contributed by atoms with Crippen LogP contribution >= 0.6 is 35.6 Å². The zero-order valence-electron chi connectivity index (χ0n) is 15.5. The van der Waals surface area contributed by atoms with Gasteiger partial charge in [-0.3, -0.25) is 14.7 Å². The van der Waals surface area contributed by atoms with Gasteiger partial charge in [0.25, 0.3) is 0 Å². The van der Waals surface area contributed by atoms with Crippen molar-refractivity contribution in [1.82, 2.24) is 9.97 Å². The van der Waals surface area contributed by atoms with Crippen molar-refractivity contribution >= 4 is 46.5 Å². The summed E-state index contributed by atoms with van der Waals surface area (Å²) in [5.41, 5.74) is 0.351. The number of terminal acetylenes is 1. The van der Waals surface area contributed by atoms with E-state index in [-0.39, 0.29) is 17.6 Å². The first-order valence-electron chi connectivity index (χ1n) is 8.17. The van der Waals surface area contributed by atoms with E-state index in [1.54, 1.807) is 23.5 Å². The third kappa shape index (κ3) is 5.47. The summed E-state index contributed by atoms with van der Waals surface area (Å²) < 4.78 is 0. The van der Waals surface area contributed by atoms with Gasteiger partial charge in [0.1, 0.15) is 10.0 Å². The Hall–Kier alpha value is -1.55. The maximum absolute atomic E-state index is 13.0. The molecule has 2 heterocycles. The van der Waals surface area contributed by atoms with E-state index in [2.05, 4.69) is 35.4 Å². The van der Waals surface area contributed by atoms with Crippen LogP contribution in [0.1, 0.15) is 33.6 Å². The van der Waals surface area contributed by atoms with E-state index < -0.39 is 5.41 Å². The normalized spacial score (nSPS) is 10.5. The summed E-state index contributed by atoms with van der Waals surface area (Å²) in [6, 6.07) is 3.74. The number of amides is 1. The highest BCUT2D eigenvalue weighted by molar-refractivity contribution is 7.79. The summed E-state index contributed by atoms with van der Waals surface area (Å²) in [6.45, 7) is 6.08. The molecule has 2 aromatic heterocycles. The minimum atomic E-state index is -0.507. The lowest BCUT2D eigenvalue weighted by atomic mass is 9.86. The van der Waals surface area contributed by atoms with Crippen molar-refractivity contribution in [3.63, 3.8) is 0 Å². The van der Waals surface area contributed by atoms with Crippen molar-refractivity contribution in [2.24, 2.45) is 5.41 Å². The molecular formula is C19H24ClN3OS2. The number of nitrogens with zero attached hydrogens (tertiary/aromatic N) is 3. The van der Waals surface area contributed by atoms with E-state index in [9.17, 15) is 4.79 Å². The largest absolute Gasteiger partial charge is 0.289 e. The molecule has 4 nitrogen and oxygen atoms in total. The van der Waals surface area contributed by atoms with Crippen LogP contribution in [-0.4, -0.2) is 28.7 Å². The monoisotopic (exact) mass is 409 g/mol. The van der Waals surface area contributed by atoms with Crippen molar-refractivity contribution in [1.29, 1.82) is 0 Å². The lowest BCUT2D eigenvalue weighted by molar-refractivity contribution is -0.126. The topological polar surface area (TPSA) is 46.1 Å². The maximum Gasteiger partial charge on any atom is 0.234 e. The molecule has 0 aliphatic heterocycles. The lowest BCUT2D eigenvalue weighted by Gasteiger charge is -2.29. The second-order valence-electron chi connectivity index (χ2n) is 6.09. The number of thiazole rings is 1. The van der Waals surface area contributed by atoms with E-state index in [4.69, 9.17) is 18.0 Å². The standard InChI is InChI=1S/C18H20ClN3OS.CH4S/c1-5-9-18(3,4)17(23)22(11-6-2)16-14(19)21-15(24-16)13-8-7-10-20-12-13;1-2/h2,7-8,10,12H,5,9,11H2,1,3-4H3;2H,1H3. The Labute approximate surface area is 170 Å². The molecule has 0 spiro atoms. The summed E-state index contributed by atoms with van der Waals surface area (Å²) in [7, 11) is 0. The van der Waals surface area contributed by atoms with Crippen molar-refractivity contribution in [2.75, 3.05) is 17.7 Å². The number of hydrogen-bond acceptors (Lipinski definition) is 5. The van der Waals surface area contributed by atoms with Gasteiger partial charge in [0.2, 0.25) is 5.91 Å². The molecule has 0 unspecified atom stereocenters. The second-order valence-corrected chi connectivity index (χ2v) is 7.42. The van der Waals surface area contributed by atoms with Gasteiger partial charge in [-0.15, -0.1) is 6.42 Å². The summed E-state index contributed by atoms with van der Waals surface area (Å²) >= 11 is 11.2. The number of pyridine rings is 1. The van der Waals surface area contributed by atoms with E-state index in [1.807, 2.05) is 26.0 Å². The molecular weight excluding hydrogens is 386 g/mol. The van der Waals surface area contributed by atoms with Crippen LogP contribution in [0.3, 0.4) is 0 Å². The maximum atomic E-state index is 13.0. The van der Waals surface area contributed by atoms with Gasteiger partial charge >= 0.3 is 0 Å². The molecule has 140 valence electrons. The predicted octanol–water partition coefficient (Wildman–Crippen LogP) is 5.20. The number of hydrogen-bond donors (Lipinski definition) is 1. The summed E-state index contributed by atoms with van der Waals surface area (Å²) in [4.78, 5) is 23.0.